The molecule has 0 aromatic heterocycles. The first-order valence-corrected chi connectivity index (χ1v) is 11.4. The molecule has 1 nitrogen and oxygen atoms in total. The van der Waals surface area contributed by atoms with Crippen molar-refractivity contribution < 1.29 is 17.9 Å². The Hall–Kier alpha value is -2.98. The van der Waals surface area contributed by atoms with E-state index in [0.29, 0.717) is 36.0 Å². The van der Waals surface area contributed by atoms with Crippen molar-refractivity contribution in [2.24, 2.45) is 0 Å². The summed E-state index contributed by atoms with van der Waals surface area (Å²) in [6, 6.07) is 19.9. The van der Waals surface area contributed by atoms with Gasteiger partial charge in [-0.1, -0.05) is 54.1 Å². The third-order valence-electron chi connectivity index (χ3n) is 5.76. The summed E-state index contributed by atoms with van der Waals surface area (Å²) in [6.07, 6.45) is 2.38. The summed E-state index contributed by atoms with van der Waals surface area (Å²) < 4.78 is 47.9. The zero-order valence-electron chi connectivity index (χ0n) is 18.3. The molecular formula is C28H24ClF3O. The highest BCUT2D eigenvalue weighted by Crippen LogP contribution is 2.26. The van der Waals surface area contributed by atoms with Gasteiger partial charge in [-0.25, -0.2) is 13.2 Å². The van der Waals surface area contributed by atoms with E-state index in [9.17, 15) is 8.78 Å². The standard InChI is InChI=1S/C28H24ClF3O/c1-2-33-23-12-6-18(7-13-23)3-4-19-8-14-24-22(15-19)11-10-21(28(24)32)9-5-20-16-25(30)27(29)26(31)17-20/h6-8,10-17H,2-5,9H2,1H3. The summed E-state index contributed by atoms with van der Waals surface area (Å²) >= 11 is 5.53. The Morgan fingerprint density at radius 3 is 2.03 bits per heavy atom. The molecule has 0 radical (unpaired) electrons. The second-order valence-electron chi connectivity index (χ2n) is 8.04. The van der Waals surface area contributed by atoms with Crippen molar-refractivity contribution in [2.45, 2.75) is 32.6 Å². The van der Waals surface area contributed by atoms with E-state index in [4.69, 9.17) is 16.3 Å². The molecule has 0 heterocycles. The molecule has 0 saturated heterocycles. The summed E-state index contributed by atoms with van der Waals surface area (Å²) in [4.78, 5) is 0. The lowest BCUT2D eigenvalue weighted by atomic mass is 9.97. The Bertz CT molecular complexity index is 1250. The topological polar surface area (TPSA) is 9.23 Å². The third kappa shape index (κ3) is 5.51. The largest absolute Gasteiger partial charge is 0.494 e. The molecule has 0 aliphatic carbocycles. The van der Waals surface area contributed by atoms with Crippen LogP contribution >= 0.6 is 11.6 Å². The molecule has 4 rings (SSSR count). The molecule has 0 amide bonds. The van der Waals surface area contributed by atoms with E-state index in [-0.39, 0.29) is 5.82 Å². The highest BCUT2D eigenvalue weighted by atomic mass is 35.5. The molecule has 0 aliphatic heterocycles. The van der Waals surface area contributed by atoms with Crippen LogP contribution in [0.4, 0.5) is 13.2 Å². The number of hydrogen-bond donors (Lipinski definition) is 0. The van der Waals surface area contributed by atoms with Gasteiger partial charge in [0.2, 0.25) is 0 Å². The lowest BCUT2D eigenvalue weighted by molar-refractivity contribution is 0.340. The second-order valence-corrected chi connectivity index (χ2v) is 8.42. The van der Waals surface area contributed by atoms with Crippen LogP contribution in [-0.4, -0.2) is 6.61 Å². The van der Waals surface area contributed by atoms with Gasteiger partial charge in [-0.2, -0.15) is 0 Å². The van der Waals surface area contributed by atoms with Crippen LogP contribution in [-0.2, 0) is 25.7 Å². The number of rotatable bonds is 8. The zero-order chi connectivity index (χ0) is 23.4. The molecule has 170 valence electrons. The molecule has 0 saturated carbocycles. The summed E-state index contributed by atoms with van der Waals surface area (Å²) in [7, 11) is 0. The van der Waals surface area contributed by atoms with Gasteiger partial charge in [0.15, 0.2) is 0 Å². The normalized spacial score (nSPS) is 11.2. The molecule has 4 aromatic rings. The molecule has 0 atom stereocenters. The first-order valence-electron chi connectivity index (χ1n) is 11.0. The fourth-order valence-corrected chi connectivity index (χ4v) is 4.08. The van der Waals surface area contributed by atoms with Crippen molar-refractivity contribution in [1.82, 2.24) is 0 Å². The van der Waals surface area contributed by atoms with Gasteiger partial charge in [0.1, 0.15) is 28.2 Å². The van der Waals surface area contributed by atoms with Gasteiger partial charge < -0.3 is 4.74 Å². The highest BCUT2D eigenvalue weighted by molar-refractivity contribution is 6.30. The van der Waals surface area contributed by atoms with E-state index >= 15 is 4.39 Å². The first kappa shape index (κ1) is 23.2. The summed E-state index contributed by atoms with van der Waals surface area (Å²) in [5.41, 5.74) is 3.31. The fourth-order valence-electron chi connectivity index (χ4n) is 3.97. The number of aryl methyl sites for hydroxylation is 4. The van der Waals surface area contributed by atoms with E-state index in [1.54, 1.807) is 6.07 Å². The maximum atomic E-state index is 15.1. The molecule has 4 aromatic carbocycles. The lowest BCUT2D eigenvalue weighted by Crippen LogP contribution is -1.98. The van der Waals surface area contributed by atoms with Crippen molar-refractivity contribution in [3.05, 3.63) is 111 Å². The summed E-state index contributed by atoms with van der Waals surface area (Å²) in [5, 5.41) is 0.865. The third-order valence-corrected chi connectivity index (χ3v) is 6.12. The molecule has 0 aliphatic rings. The molecule has 0 spiro atoms. The van der Waals surface area contributed by atoms with Crippen LogP contribution in [0.25, 0.3) is 10.8 Å². The fraction of sp³-hybridized carbons (Fsp3) is 0.214. The summed E-state index contributed by atoms with van der Waals surface area (Å²) in [6.45, 7) is 2.61. The van der Waals surface area contributed by atoms with Crippen molar-refractivity contribution in [3.63, 3.8) is 0 Å². The summed E-state index contributed by atoms with van der Waals surface area (Å²) in [5.74, 6) is -1.03. The molecule has 33 heavy (non-hydrogen) atoms. The van der Waals surface area contributed by atoms with Crippen LogP contribution < -0.4 is 4.74 Å². The van der Waals surface area contributed by atoms with Crippen molar-refractivity contribution in [2.75, 3.05) is 6.61 Å². The highest BCUT2D eigenvalue weighted by Gasteiger charge is 2.12. The predicted molar refractivity (Wildman–Crippen MR) is 128 cm³/mol. The van der Waals surface area contributed by atoms with E-state index in [1.807, 2.05) is 43.3 Å². The molecular weight excluding hydrogens is 445 g/mol. The number of fused-ring (bicyclic) bond motifs is 1. The molecule has 0 fully saturated rings. The van der Waals surface area contributed by atoms with Crippen LogP contribution in [0.3, 0.4) is 0 Å². The Morgan fingerprint density at radius 1 is 0.697 bits per heavy atom. The number of halogens is 4. The Labute approximate surface area is 196 Å². The van der Waals surface area contributed by atoms with Crippen molar-refractivity contribution >= 4 is 22.4 Å². The maximum absolute atomic E-state index is 15.1. The lowest BCUT2D eigenvalue weighted by Gasteiger charge is -2.10. The van der Waals surface area contributed by atoms with Crippen LogP contribution in [0.15, 0.2) is 66.7 Å². The minimum atomic E-state index is -0.802. The average Bonchev–Trinajstić information content (AvgIpc) is 2.82. The SMILES string of the molecule is CCOc1ccc(CCc2ccc3c(F)c(CCc4cc(F)c(Cl)c(F)c4)ccc3c2)cc1. The average molecular weight is 469 g/mol. The Morgan fingerprint density at radius 2 is 1.33 bits per heavy atom. The van der Waals surface area contributed by atoms with Gasteiger partial charge in [-0.15, -0.1) is 0 Å². The van der Waals surface area contributed by atoms with E-state index in [0.717, 1.165) is 29.5 Å². The van der Waals surface area contributed by atoms with Gasteiger partial charge in [-0.05, 0) is 84.5 Å². The van der Waals surface area contributed by atoms with Gasteiger partial charge >= 0.3 is 0 Å². The number of ether oxygens (including phenoxy) is 1. The van der Waals surface area contributed by atoms with Gasteiger partial charge in [0.05, 0.1) is 6.61 Å². The van der Waals surface area contributed by atoms with Crippen molar-refractivity contribution in [1.29, 1.82) is 0 Å². The van der Waals surface area contributed by atoms with E-state index < -0.39 is 16.7 Å². The molecule has 0 unspecified atom stereocenters. The monoisotopic (exact) mass is 468 g/mol. The molecule has 5 heteroatoms. The number of hydrogen-bond acceptors (Lipinski definition) is 1. The van der Waals surface area contributed by atoms with Gasteiger partial charge in [-0.3, -0.25) is 0 Å². The van der Waals surface area contributed by atoms with Crippen LogP contribution in [0.2, 0.25) is 5.02 Å². The van der Waals surface area contributed by atoms with Crippen molar-refractivity contribution in [3.8, 4) is 5.75 Å². The zero-order valence-corrected chi connectivity index (χ0v) is 19.1. The molecule has 0 bridgehead atoms. The second kappa shape index (κ2) is 10.3. The minimum absolute atomic E-state index is 0.291. The Kier molecular flexibility index (Phi) is 7.24. The van der Waals surface area contributed by atoms with E-state index in [2.05, 4.69) is 12.1 Å². The predicted octanol–water partition coefficient (Wildman–Crippen LogP) is 7.88. The quantitative estimate of drug-likeness (QED) is 0.239. The maximum Gasteiger partial charge on any atom is 0.145 e. The first-order chi connectivity index (χ1) is 15.9. The molecule has 0 N–H and O–H groups in total. The van der Waals surface area contributed by atoms with Crippen LogP contribution in [0, 0.1) is 17.5 Å². The smallest absolute Gasteiger partial charge is 0.145 e. The van der Waals surface area contributed by atoms with Gasteiger partial charge in [0.25, 0.3) is 0 Å². The van der Waals surface area contributed by atoms with Crippen LogP contribution in [0.5, 0.6) is 5.75 Å². The minimum Gasteiger partial charge on any atom is -0.494 e. The van der Waals surface area contributed by atoms with E-state index in [1.165, 1.54) is 17.7 Å². The van der Waals surface area contributed by atoms with Crippen LogP contribution in [0.1, 0.15) is 29.2 Å². The van der Waals surface area contributed by atoms with Gasteiger partial charge in [0, 0.05) is 5.39 Å². The Balaban J connectivity index is 1.44. The number of benzene rings is 4.